The van der Waals surface area contributed by atoms with Gasteiger partial charge in [0.2, 0.25) is 0 Å². The summed E-state index contributed by atoms with van der Waals surface area (Å²) in [7, 11) is 0. The van der Waals surface area contributed by atoms with Gasteiger partial charge in [-0.25, -0.2) is 0 Å². The fraction of sp³-hybridized carbons (Fsp3) is 1.00. The van der Waals surface area contributed by atoms with Crippen molar-refractivity contribution >= 4 is 0 Å². The molecule has 0 aliphatic carbocycles. The molecule has 3 heteroatoms. The molecule has 0 radical (unpaired) electrons. The van der Waals surface area contributed by atoms with Crippen molar-refractivity contribution < 1.29 is 14.2 Å². The molecular weight excluding hydrogens is 192 g/mol. The third-order valence-electron chi connectivity index (χ3n) is 3.03. The van der Waals surface area contributed by atoms with Gasteiger partial charge in [-0.15, -0.1) is 0 Å². The zero-order valence-electron chi connectivity index (χ0n) is 10.2. The Hall–Kier alpha value is -0.120. The molecule has 2 heterocycles. The van der Waals surface area contributed by atoms with Gasteiger partial charge in [-0.3, -0.25) is 0 Å². The predicted octanol–water partition coefficient (Wildman–Crippen LogP) is 2.34. The van der Waals surface area contributed by atoms with Crippen LogP contribution >= 0.6 is 0 Å². The molecule has 0 amide bonds. The average Bonchev–Trinajstić information content (AvgIpc) is 2.39. The van der Waals surface area contributed by atoms with Crippen LogP contribution in [0.25, 0.3) is 0 Å². The van der Waals surface area contributed by atoms with Crippen molar-refractivity contribution in [1.82, 2.24) is 0 Å². The van der Waals surface area contributed by atoms with Crippen LogP contribution in [-0.4, -0.2) is 30.7 Å². The molecule has 2 aliphatic heterocycles. The van der Waals surface area contributed by atoms with Gasteiger partial charge in [-0.2, -0.15) is 0 Å². The first-order chi connectivity index (χ1) is 6.98. The summed E-state index contributed by atoms with van der Waals surface area (Å²) in [6, 6.07) is 0. The minimum Gasteiger partial charge on any atom is -0.375 e. The van der Waals surface area contributed by atoms with Crippen molar-refractivity contribution in [1.29, 1.82) is 0 Å². The molecule has 0 aromatic rings. The fourth-order valence-electron chi connectivity index (χ4n) is 2.50. The van der Waals surface area contributed by atoms with E-state index in [1.807, 2.05) is 13.8 Å². The lowest BCUT2D eigenvalue weighted by atomic mass is 9.95. The Labute approximate surface area is 92.1 Å². The highest BCUT2D eigenvalue weighted by molar-refractivity contribution is 4.90. The molecule has 3 nitrogen and oxygen atoms in total. The van der Waals surface area contributed by atoms with Crippen LogP contribution in [0.15, 0.2) is 0 Å². The Bertz CT molecular complexity index is 225. The summed E-state index contributed by atoms with van der Waals surface area (Å²) in [5.74, 6) is 0.208. The third kappa shape index (κ3) is 2.52. The minimum absolute atomic E-state index is 0.135. The molecule has 0 spiro atoms. The number of rotatable bonds is 2. The second kappa shape index (κ2) is 4.04. The van der Waals surface area contributed by atoms with E-state index in [1.165, 1.54) is 0 Å². The second-order valence-corrected chi connectivity index (χ2v) is 5.47. The Morgan fingerprint density at radius 1 is 1.27 bits per heavy atom. The first-order valence-electron chi connectivity index (χ1n) is 5.95. The minimum atomic E-state index is -0.432. The quantitative estimate of drug-likeness (QED) is 0.706. The van der Waals surface area contributed by atoms with Gasteiger partial charge in [0, 0.05) is 6.61 Å². The van der Waals surface area contributed by atoms with Crippen LogP contribution in [0.2, 0.25) is 0 Å². The van der Waals surface area contributed by atoms with Gasteiger partial charge in [-0.05, 0) is 32.6 Å². The number of fused-ring (bicyclic) bond motifs is 1. The molecule has 0 saturated carbocycles. The van der Waals surface area contributed by atoms with Crippen LogP contribution in [0.1, 0.15) is 40.5 Å². The van der Waals surface area contributed by atoms with E-state index in [9.17, 15) is 0 Å². The summed E-state index contributed by atoms with van der Waals surface area (Å²) in [5.41, 5.74) is 0. The van der Waals surface area contributed by atoms with Gasteiger partial charge in [0.1, 0.15) is 6.10 Å². The zero-order valence-corrected chi connectivity index (χ0v) is 10.2. The summed E-state index contributed by atoms with van der Waals surface area (Å²) in [6.45, 7) is 9.20. The van der Waals surface area contributed by atoms with Crippen molar-refractivity contribution in [3.8, 4) is 0 Å². The lowest BCUT2D eigenvalue weighted by Crippen LogP contribution is -2.43. The highest BCUT2D eigenvalue weighted by atomic mass is 16.8. The second-order valence-electron chi connectivity index (χ2n) is 5.47. The number of ether oxygens (including phenoxy) is 3. The van der Waals surface area contributed by atoms with E-state index in [1.54, 1.807) is 0 Å². The van der Waals surface area contributed by atoms with Gasteiger partial charge in [0.15, 0.2) is 5.79 Å². The van der Waals surface area contributed by atoms with Crippen molar-refractivity contribution in [2.24, 2.45) is 5.92 Å². The van der Waals surface area contributed by atoms with Crippen LogP contribution in [0.3, 0.4) is 0 Å². The molecule has 0 N–H and O–H groups in total. The van der Waals surface area contributed by atoms with Gasteiger partial charge in [0.05, 0.1) is 12.2 Å². The van der Waals surface area contributed by atoms with Crippen LogP contribution in [-0.2, 0) is 14.2 Å². The number of hydrogen-bond donors (Lipinski definition) is 0. The molecule has 0 aromatic heterocycles. The fourth-order valence-corrected chi connectivity index (χ4v) is 2.50. The Kier molecular flexibility index (Phi) is 3.06. The number of hydrogen-bond acceptors (Lipinski definition) is 3. The molecule has 2 saturated heterocycles. The lowest BCUT2D eigenvalue weighted by Gasteiger charge is -2.32. The summed E-state index contributed by atoms with van der Waals surface area (Å²) >= 11 is 0. The van der Waals surface area contributed by atoms with E-state index in [4.69, 9.17) is 14.2 Å². The topological polar surface area (TPSA) is 27.7 Å². The Balaban J connectivity index is 2.02. The third-order valence-corrected chi connectivity index (χ3v) is 3.03. The van der Waals surface area contributed by atoms with E-state index in [0.717, 1.165) is 19.4 Å². The first-order valence-corrected chi connectivity index (χ1v) is 5.95. The van der Waals surface area contributed by atoms with Gasteiger partial charge in [0.25, 0.3) is 0 Å². The highest BCUT2D eigenvalue weighted by Crippen LogP contribution is 2.36. The van der Waals surface area contributed by atoms with Gasteiger partial charge >= 0.3 is 0 Å². The van der Waals surface area contributed by atoms with Crippen molar-refractivity contribution in [3.63, 3.8) is 0 Å². The van der Waals surface area contributed by atoms with Crippen molar-refractivity contribution in [2.45, 2.75) is 64.6 Å². The van der Waals surface area contributed by atoms with E-state index >= 15 is 0 Å². The van der Waals surface area contributed by atoms with Crippen LogP contribution in [0.4, 0.5) is 0 Å². The Morgan fingerprint density at radius 2 is 2.00 bits per heavy atom. The van der Waals surface area contributed by atoms with Gasteiger partial charge < -0.3 is 14.2 Å². The summed E-state index contributed by atoms with van der Waals surface area (Å²) < 4.78 is 17.6. The van der Waals surface area contributed by atoms with Crippen LogP contribution in [0.5, 0.6) is 0 Å². The summed E-state index contributed by atoms with van der Waals surface area (Å²) in [6.07, 6.45) is 2.60. The van der Waals surface area contributed by atoms with Crippen molar-refractivity contribution in [2.75, 3.05) is 6.61 Å². The largest absolute Gasteiger partial charge is 0.375 e. The van der Waals surface area contributed by atoms with Crippen molar-refractivity contribution in [3.05, 3.63) is 0 Å². The predicted molar refractivity (Wildman–Crippen MR) is 57.6 cm³/mol. The highest BCUT2D eigenvalue weighted by Gasteiger charge is 2.47. The summed E-state index contributed by atoms with van der Waals surface area (Å²) in [4.78, 5) is 0. The molecule has 2 rings (SSSR count). The van der Waals surface area contributed by atoms with E-state index in [2.05, 4.69) is 13.8 Å². The maximum Gasteiger partial charge on any atom is 0.163 e. The molecule has 88 valence electrons. The maximum atomic E-state index is 5.92. The molecule has 3 unspecified atom stereocenters. The first kappa shape index (κ1) is 11.4. The molecule has 0 aromatic carbocycles. The molecular formula is C12H22O3. The molecule has 3 atom stereocenters. The Morgan fingerprint density at radius 3 is 2.67 bits per heavy atom. The van der Waals surface area contributed by atoms with E-state index in [0.29, 0.717) is 5.92 Å². The molecule has 15 heavy (non-hydrogen) atoms. The smallest absolute Gasteiger partial charge is 0.163 e. The SMILES string of the molecule is CC(C)CC1OCCC2OC(C)(C)OC12. The maximum absolute atomic E-state index is 5.92. The standard InChI is InChI=1S/C12H22O3/c1-8(2)7-10-11-9(5-6-13-10)14-12(3,4)15-11/h8-11H,5-7H2,1-4H3. The van der Waals surface area contributed by atoms with Crippen LogP contribution in [0, 0.1) is 5.92 Å². The van der Waals surface area contributed by atoms with E-state index < -0.39 is 5.79 Å². The van der Waals surface area contributed by atoms with Crippen LogP contribution < -0.4 is 0 Å². The monoisotopic (exact) mass is 214 g/mol. The molecule has 2 fully saturated rings. The summed E-state index contributed by atoms with van der Waals surface area (Å²) in [5, 5.41) is 0. The molecule has 0 bridgehead atoms. The van der Waals surface area contributed by atoms with E-state index in [-0.39, 0.29) is 18.3 Å². The average molecular weight is 214 g/mol. The zero-order chi connectivity index (χ0) is 11.1. The normalized spacial score (nSPS) is 39.4. The lowest BCUT2D eigenvalue weighted by molar-refractivity contribution is -0.155. The molecule has 2 aliphatic rings. The van der Waals surface area contributed by atoms with Gasteiger partial charge in [-0.1, -0.05) is 13.8 Å².